The molecule has 0 atom stereocenters. The minimum absolute atomic E-state index is 0.100. The molecule has 6 heteroatoms. The minimum atomic E-state index is -0.447. The number of carbonyl (C=O) groups is 1. The van der Waals surface area contributed by atoms with Gasteiger partial charge in [-0.1, -0.05) is 38.1 Å². The van der Waals surface area contributed by atoms with Gasteiger partial charge in [0.2, 0.25) is 0 Å². The Labute approximate surface area is 150 Å². The molecule has 128 valence electrons. The summed E-state index contributed by atoms with van der Waals surface area (Å²) in [6, 6.07) is 11.4. The largest absolute Gasteiger partial charge is 0.318 e. The Bertz CT molecular complexity index is 955. The number of hydrogen-bond acceptors (Lipinski definition) is 4. The summed E-state index contributed by atoms with van der Waals surface area (Å²) in [7, 11) is 1.61. The first-order chi connectivity index (χ1) is 12.0. The number of anilines is 1. The van der Waals surface area contributed by atoms with Gasteiger partial charge in [0, 0.05) is 24.2 Å². The van der Waals surface area contributed by atoms with Crippen molar-refractivity contribution >= 4 is 22.4 Å². The van der Waals surface area contributed by atoms with E-state index < -0.39 is 5.91 Å². The van der Waals surface area contributed by atoms with Gasteiger partial charge in [-0.2, -0.15) is 0 Å². The summed E-state index contributed by atoms with van der Waals surface area (Å²) in [5, 5.41) is 5.06. The highest BCUT2D eigenvalue weighted by Crippen LogP contribution is 2.26. The third-order valence-electron chi connectivity index (χ3n) is 3.97. The van der Waals surface area contributed by atoms with Crippen LogP contribution in [-0.2, 0) is 7.05 Å². The standard InChI is InChI=1S/C19H19N3O2S/c1-12(2)13-6-8-14(9-7-13)16-11-25-19(20-16)21-17(23)15-5-4-10-22(3)18(15)24/h4-12H,1-3H3,(H,20,21,23). The number of carbonyl (C=O) groups excluding carboxylic acids is 1. The van der Waals surface area contributed by atoms with Crippen molar-refractivity contribution in [3.63, 3.8) is 0 Å². The molecule has 0 aliphatic rings. The van der Waals surface area contributed by atoms with Crippen LogP contribution < -0.4 is 10.9 Å². The predicted molar refractivity (Wildman–Crippen MR) is 101 cm³/mol. The molecule has 0 saturated heterocycles. The zero-order chi connectivity index (χ0) is 18.0. The molecular formula is C19H19N3O2S. The Morgan fingerprint density at radius 1 is 1.20 bits per heavy atom. The highest BCUT2D eigenvalue weighted by molar-refractivity contribution is 7.14. The van der Waals surface area contributed by atoms with Crippen molar-refractivity contribution in [2.45, 2.75) is 19.8 Å². The van der Waals surface area contributed by atoms with Crippen LogP contribution in [-0.4, -0.2) is 15.5 Å². The highest BCUT2D eigenvalue weighted by Gasteiger charge is 2.13. The predicted octanol–water partition coefficient (Wildman–Crippen LogP) is 3.88. The molecule has 3 aromatic rings. The number of nitrogens with zero attached hydrogens (tertiary/aromatic N) is 2. The molecule has 2 heterocycles. The fourth-order valence-corrected chi connectivity index (χ4v) is 3.15. The fourth-order valence-electron chi connectivity index (χ4n) is 2.44. The molecule has 0 radical (unpaired) electrons. The van der Waals surface area contributed by atoms with E-state index in [-0.39, 0.29) is 11.1 Å². The van der Waals surface area contributed by atoms with Gasteiger partial charge in [-0.25, -0.2) is 4.98 Å². The number of rotatable bonds is 4. The molecular weight excluding hydrogens is 334 g/mol. The number of pyridine rings is 1. The average Bonchev–Trinajstić information content (AvgIpc) is 3.05. The number of thiazole rings is 1. The van der Waals surface area contributed by atoms with Crippen LogP contribution in [0.2, 0.25) is 0 Å². The van der Waals surface area contributed by atoms with Crippen molar-refractivity contribution < 1.29 is 4.79 Å². The minimum Gasteiger partial charge on any atom is -0.318 e. The molecule has 0 bridgehead atoms. The highest BCUT2D eigenvalue weighted by atomic mass is 32.1. The summed E-state index contributed by atoms with van der Waals surface area (Å²) in [5.41, 5.74) is 2.84. The Morgan fingerprint density at radius 3 is 2.60 bits per heavy atom. The Morgan fingerprint density at radius 2 is 1.92 bits per heavy atom. The number of amides is 1. The van der Waals surface area contributed by atoms with Gasteiger partial charge >= 0.3 is 0 Å². The third-order valence-corrected chi connectivity index (χ3v) is 4.72. The van der Waals surface area contributed by atoms with E-state index in [0.29, 0.717) is 11.0 Å². The normalized spacial score (nSPS) is 10.9. The number of benzene rings is 1. The molecule has 0 unspecified atom stereocenters. The summed E-state index contributed by atoms with van der Waals surface area (Å²) >= 11 is 1.34. The molecule has 25 heavy (non-hydrogen) atoms. The zero-order valence-electron chi connectivity index (χ0n) is 14.3. The number of aryl methyl sites for hydroxylation is 1. The lowest BCUT2D eigenvalue weighted by Gasteiger charge is -2.05. The molecule has 1 aromatic carbocycles. The molecule has 0 spiro atoms. The first-order valence-electron chi connectivity index (χ1n) is 7.98. The maximum atomic E-state index is 12.3. The van der Waals surface area contributed by atoms with Gasteiger partial charge in [0.15, 0.2) is 5.13 Å². The van der Waals surface area contributed by atoms with E-state index >= 15 is 0 Å². The monoisotopic (exact) mass is 353 g/mol. The number of nitrogens with one attached hydrogen (secondary N) is 1. The van der Waals surface area contributed by atoms with Crippen LogP contribution in [0.5, 0.6) is 0 Å². The van der Waals surface area contributed by atoms with E-state index in [0.717, 1.165) is 11.3 Å². The summed E-state index contributed by atoms with van der Waals surface area (Å²) in [4.78, 5) is 28.7. The van der Waals surface area contributed by atoms with Gasteiger partial charge in [0.05, 0.1) is 5.69 Å². The molecule has 2 aromatic heterocycles. The fraction of sp³-hybridized carbons (Fsp3) is 0.211. The SMILES string of the molecule is CC(C)c1ccc(-c2csc(NC(=O)c3cccn(C)c3=O)n2)cc1. The van der Waals surface area contributed by atoms with Crippen molar-refractivity contribution in [2.24, 2.45) is 7.05 Å². The van der Waals surface area contributed by atoms with E-state index in [2.05, 4.69) is 36.3 Å². The van der Waals surface area contributed by atoms with E-state index in [9.17, 15) is 9.59 Å². The maximum absolute atomic E-state index is 12.3. The zero-order valence-corrected chi connectivity index (χ0v) is 15.1. The van der Waals surface area contributed by atoms with Crippen molar-refractivity contribution in [1.29, 1.82) is 0 Å². The van der Waals surface area contributed by atoms with E-state index in [1.807, 2.05) is 17.5 Å². The molecule has 1 N–H and O–H groups in total. The second kappa shape index (κ2) is 7.03. The molecule has 5 nitrogen and oxygen atoms in total. The van der Waals surface area contributed by atoms with Gasteiger partial charge in [0.25, 0.3) is 11.5 Å². The smallest absolute Gasteiger partial charge is 0.263 e. The second-order valence-electron chi connectivity index (χ2n) is 6.11. The molecule has 0 saturated carbocycles. The molecule has 1 amide bonds. The molecule has 3 rings (SSSR count). The van der Waals surface area contributed by atoms with Crippen molar-refractivity contribution in [1.82, 2.24) is 9.55 Å². The van der Waals surface area contributed by atoms with Crippen LogP contribution in [0.25, 0.3) is 11.3 Å². The molecule has 0 fully saturated rings. The Balaban J connectivity index is 1.78. The number of hydrogen-bond donors (Lipinski definition) is 1. The van der Waals surface area contributed by atoms with Crippen molar-refractivity contribution in [3.05, 3.63) is 69.5 Å². The van der Waals surface area contributed by atoms with Crippen LogP contribution in [0.4, 0.5) is 5.13 Å². The second-order valence-corrected chi connectivity index (χ2v) is 6.96. The summed E-state index contributed by atoms with van der Waals surface area (Å²) < 4.78 is 1.37. The number of aromatic nitrogens is 2. The van der Waals surface area contributed by atoms with Gasteiger partial charge in [0.1, 0.15) is 5.56 Å². The molecule has 0 aliphatic carbocycles. The van der Waals surface area contributed by atoms with Crippen LogP contribution >= 0.6 is 11.3 Å². The average molecular weight is 353 g/mol. The van der Waals surface area contributed by atoms with Gasteiger partial charge in [-0.05, 0) is 23.6 Å². The summed E-state index contributed by atoms with van der Waals surface area (Å²) in [5.74, 6) is 0.0325. The van der Waals surface area contributed by atoms with Crippen LogP contribution in [0.3, 0.4) is 0 Å². The van der Waals surface area contributed by atoms with Crippen LogP contribution in [0.1, 0.15) is 35.7 Å². The third kappa shape index (κ3) is 3.69. The van der Waals surface area contributed by atoms with Crippen LogP contribution in [0, 0.1) is 0 Å². The summed E-state index contributed by atoms with van der Waals surface area (Å²) in [6.07, 6.45) is 1.61. The lowest BCUT2D eigenvalue weighted by atomic mass is 10.0. The quantitative estimate of drug-likeness (QED) is 0.774. The van der Waals surface area contributed by atoms with E-state index in [1.54, 1.807) is 19.3 Å². The van der Waals surface area contributed by atoms with Crippen LogP contribution in [0.15, 0.2) is 52.8 Å². The lowest BCUT2D eigenvalue weighted by molar-refractivity contribution is 0.102. The van der Waals surface area contributed by atoms with E-state index in [1.165, 1.54) is 27.5 Å². The lowest BCUT2D eigenvalue weighted by Crippen LogP contribution is -2.26. The summed E-state index contributed by atoms with van der Waals surface area (Å²) in [6.45, 7) is 4.30. The van der Waals surface area contributed by atoms with Crippen molar-refractivity contribution in [2.75, 3.05) is 5.32 Å². The van der Waals surface area contributed by atoms with Gasteiger partial charge in [-0.3, -0.25) is 14.9 Å². The topological polar surface area (TPSA) is 64.0 Å². The van der Waals surface area contributed by atoms with Gasteiger partial charge < -0.3 is 4.57 Å². The Hall–Kier alpha value is -2.73. The van der Waals surface area contributed by atoms with E-state index in [4.69, 9.17) is 0 Å². The molecule has 0 aliphatic heterocycles. The first kappa shape index (κ1) is 17.1. The Kier molecular flexibility index (Phi) is 4.81. The van der Waals surface area contributed by atoms with Crippen molar-refractivity contribution in [3.8, 4) is 11.3 Å². The maximum Gasteiger partial charge on any atom is 0.263 e. The van der Waals surface area contributed by atoms with Gasteiger partial charge in [-0.15, -0.1) is 11.3 Å². The first-order valence-corrected chi connectivity index (χ1v) is 8.86.